The smallest absolute Gasteiger partial charge is 0.422 e. The van der Waals surface area contributed by atoms with Crippen LogP contribution in [0.5, 0.6) is 5.88 Å². The highest BCUT2D eigenvalue weighted by atomic mass is 127. The van der Waals surface area contributed by atoms with E-state index in [9.17, 15) is 18.3 Å². The molecule has 3 N–H and O–H groups in total. The zero-order chi connectivity index (χ0) is 22.4. The zero-order valence-corrected chi connectivity index (χ0v) is 20.2. The fourth-order valence-corrected chi connectivity index (χ4v) is 2.81. The summed E-state index contributed by atoms with van der Waals surface area (Å²) in [5.41, 5.74) is 0.129. The largest absolute Gasteiger partial charge is 0.468 e. The number of halogens is 4. The summed E-state index contributed by atoms with van der Waals surface area (Å²) in [7, 11) is 0. The standard InChI is InChI=1S/C20H27F3N4O3.HI/c1-5-24-18(27-11-19(4,28)16-8-13(2)30-14(16)3)26-10-15-6-7-25-17(9-15)29-12-20(21,22)23;/h6-9,28H,5,10-12H2,1-4H3,(H2,24,26,27);1H. The van der Waals surface area contributed by atoms with E-state index in [4.69, 9.17) is 4.42 Å². The molecule has 1 unspecified atom stereocenters. The Labute approximate surface area is 196 Å². The molecule has 0 fully saturated rings. The minimum atomic E-state index is -4.43. The number of ether oxygens (including phenoxy) is 1. The Kier molecular flexibility index (Phi) is 10.1. The molecular weight excluding hydrogens is 528 g/mol. The Morgan fingerprint density at radius 3 is 2.55 bits per heavy atom. The maximum Gasteiger partial charge on any atom is 0.422 e. The maximum atomic E-state index is 12.3. The van der Waals surface area contributed by atoms with Crippen molar-refractivity contribution in [1.82, 2.24) is 15.6 Å². The predicted molar refractivity (Wildman–Crippen MR) is 122 cm³/mol. The van der Waals surface area contributed by atoms with Crippen molar-refractivity contribution in [3.8, 4) is 5.88 Å². The average Bonchev–Trinajstić information content (AvgIpc) is 3.01. The quantitative estimate of drug-likeness (QED) is 0.260. The molecular formula is C20H28F3IN4O3. The number of hydrogen-bond acceptors (Lipinski definition) is 5. The summed E-state index contributed by atoms with van der Waals surface area (Å²) in [6.45, 7) is 6.72. The van der Waals surface area contributed by atoms with Crippen LogP contribution in [0.4, 0.5) is 13.2 Å². The van der Waals surface area contributed by atoms with Crippen molar-refractivity contribution in [2.75, 3.05) is 19.7 Å². The summed E-state index contributed by atoms with van der Waals surface area (Å²) in [6, 6.07) is 4.84. The van der Waals surface area contributed by atoms with E-state index in [1.807, 2.05) is 13.8 Å². The van der Waals surface area contributed by atoms with Crippen molar-refractivity contribution in [3.05, 3.63) is 47.0 Å². The number of guanidine groups is 1. The molecule has 0 aliphatic heterocycles. The molecule has 0 aliphatic carbocycles. The first-order valence-corrected chi connectivity index (χ1v) is 9.46. The monoisotopic (exact) mass is 556 g/mol. The lowest BCUT2D eigenvalue weighted by Gasteiger charge is -2.24. The van der Waals surface area contributed by atoms with Gasteiger partial charge in [-0.3, -0.25) is 0 Å². The van der Waals surface area contributed by atoms with Crippen LogP contribution in [0.1, 0.15) is 36.5 Å². The van der Waals surface area contributed by atoms with Crippen LogP contribution in [0, 0.1) is 13.8 Å². The third-order valence-corrected chi connectivity index (χ3v) is 4.17. The molecule has 174 valence electrons. The number of nitrogens with zero attached hydrogens (tertiary/aromatic N) is 2. The van der Waals surface area contributed by atoms with Crippen molar-refractivity contribution in [2.24, 2.45) is 4.99 Å². The van der Waals surface area contributed by atoms with Crippen LogP contribution in [-0.2, 0) is 12.1 Å². The Balaban J connectivity index is 0.00000480. The molecule has 0 spiro atoms. The molecule has 0 radical (unpaired) electrons. The summed E-state index contributed by atoms with van der Waals surface area (Å²) in [5.74, 6) is 1.69. The summed E-state index contributed by atoms with van der Waals surface area (Å²) in [4.78, 5) is 8.19. The van der Waals surface area contributed by atoms with Crippen LogP contribution in [0.15, 0.2) is 33.8 Å². The van der Waals surface area contributed by atoms with E-state index in [0.29, 0.717) is 35.2 Å². The van der Waals surface area contributed by atoms with E-state index in [1.165, 1.54) is 12.3 Å². The summed E-state index contributed by atoms with van der Waals surface area (Å²) < 4.78 is 47.0. The lowest BCUT2D eigenvalue weighted by molar-refractivity contribution is -0.154. The highest BCUT2D eigenvalue weighted by Crippen LogP contribution is 2.26. The number of aliphatic imine (C=N–C) groups is 1. The molecule has 2 aromatic heterocycles. The second-order valence-electron chi connectivity index (χ2n) is 7.06. The number of nitrogens with one attached hydrogen (secondary N) is 2. The fraction of sp³-hybridized carbons (Fsp3) is 0.500. The highest BCUT2D eigenvalue weighted by Gasteiger charge is 2.29. The van der Waals surface area contributed by atoms with Gasteiger partial charge in [0.25, 0.3) is 0 Å². The van der Waals surface area contributed by atoms with Gasteiger partial charge in [-0.2, -0.15) is 13.2 Å². The normalized spacial score (nSPS) is 13.9. The molecule has 0 amide bonds. The second-order valence-corrected chi connectivity index (χ2v) is 7.06. The third-order valence-electron chi connectivity index (χ3n) is 4.17. The van der Waals surface area contributed by atoms with Crippen LogP contribution >= 0.6 is 24.0 Å². The molecule has 0 bridgehead atoms. The maximum absolute atomic E-state index is 12.3. The van der Waals surface area contributed by atoms with Gasteiger partial charge < -0.3 is 24.9 Å². The topological polar surface area (TPSA) is 91.9 Å². The number of aromatic nitrogens is 1. The Bertz CT molecular complexity index is 870. The Morgan fingerprint density at radius 1 is 1.26 bits per heavy atom. The van der Waals surface area contributed by atoms with E-state index < -0.39 is 18.4 Å². The average molecular weight is 556 g/mol. The van der Waals surface area contributed by atoms with E-state index in [0.717, 1.165) is 0 Å². The van der Waals surface area contributed by atoms with Crippen LogP contribution in [0.25, 0.3) is 0 Å². The molecule has 31 heavy (non-hydrogen) atoms. The number of rotatable bonds is 8. The molecule has 0 saturated heterocycles. The lowest BCUT2D eigenvalue weighted by Crippen LogP contribution is -2.44. The minimum absolute atomic E-state index is 0. The Hall–Kier alpha value is -2.02. The second kappa shape index (κ2) is 11.6. The van der Waals surface area contributed by atoms with Gasteiger partial charge in [-0.05, 0) is 45.4 Å². The molecule has 0 aromatic carbocycles. The Morgan fingerprint density at radius 2 is 1.97 bits per heavy atom. The van der Waals surface area contributed by atoms with Crippen LogP contribution in [0.2, 0.25) is 0 Å². The van der Waals surface area contributed by atoms with Gasteiger partial charge in [-0.1, -0.05) is 0 Å². The predicted octanol–water partition coefficient (Wildman–Crippen LogP) is 3.81. The zero-order valence-electron chi connectivity index (χ0n) is 17.8. The first-order valence-electron chi connectivity index (χ1n) is 9.46. The van der Waals surface area contributed by atoms with Crippen molar-refractivity contribution in [2.45, 2.75) is 46.0 Å². The third kappa shape index (κ3) is 8.93. The number of aryl methyl sites for hydroxylation is 2. The van der Waals surface area contributed by atoms with Gasteiger partial charge in [0.05, 0.1) is 13.1 Å². The van der Waals surface area contributed by atoms with E-state index in [2.05, 4.69) is 25.3 Å². The number of pyridine rings is 1. The van der Waals surface area contributed by atoms with Gasteiger partial charge in [-0.15, -0.1) is 24.0 Å². The molecule has 1 atom stereocenters. The van der Waals surface area contributed by atoms with Crippen LogP contribution in [-0.4, -0.2) is 41.9 Å². The lowest BCUT2D eigenvalue weighted by atomic mass is 9.96. The van der Waals surface area contributed by atoms with E-state index >= 15 is 0 Å². The molecule has 2 rings (SSSR count). The molecule has 7 nitrogen and oxygen atoms in total. The van der Waals surface area contributed by atoms with Gasteiger partial charge in [0.1, 0.15) is 17.1 Å². The van der Waals surface area contributed by atoms with Crippen LogP contribution < -0.4 is 15.4 Å². The molecule has 11 heteroatoms. The number of furan rings is 1. The number of alkyl halides is 3. The van der Waals surface area contributed by atoms with Gasteiger partial charge >= 0.3 is 6.18 Å². The first kappa shape index (κ1) is 27.0. The SMILES string of the molecule is CCNC(=NCc1ccnc(OCC(F)(F)F)c1)NCC(C)(O)c1cc(C)oc1C.I. The van der Waals surface area contributed by atoms with Crippen molar-refractivity contribution in [3.63, 3.8) is 0 Å². The summed E-state index contributed by atoms with van der Waals surface area (Å²) in [6.07, 6.45) is -3.06. The molecule has 0 aliphatic rings. The van der Waals surface area contributed by atoms with E-state index in [-0.39, 0.29) is 42.9 Å². The molecule has 0 saturated carbocycles. The van der Waals surface area contributed by atoms with Crippen molar-refractivity contribution in [1.29, 1.82) is 0 Å². The fourth-order valence-electron chi connectivity index (χ4n) is 2.81. The minimum Gasteiger partial charge on any atom is -0.468 e. The summed E-state index contributed by atoms with van der Waals surface area (Å²) >= 11 is 0. The van der Waals surface area contributed by atoms with E-state index in [1.54, 1.807) is 26.0 Å². The summed E-state index contributed by atoms with van der Waals surface area (Å²) in [5, 5.41) is 17.0. The number of aliphatic hydroxyl groups is 1. The van der Waals surface area contributed by atoms with Crippen LogP contribution in [0.3, 0.4) is 0 Å². The van der Waals surface area contributed by atoms with Gasteiger partial charge in [0.15, 0.2) is 12.6 Å². The first-order chi connectivity index (χ1) is 14.0. The molecule has 2 heterocycles. The van der Waals surface area contributed by atoms with Crippen molar-refractivity contribution >= 4 is 29.9 Å². The molecule has 2 aromatic rings. The van der Waals surface area contributed by atoms with Gasteiger partial charge in [-0.25, -0.2) is 9.98 Å². The number of hydrogen-bond donors (Lipinski definition) is 3. The van der Waals surface area contributed by atoms with Crippen molar-refractivity contribution < 1.29 is 27.4 Å². The van der Waals surface area contributed by atoms with Gasteiger partial charge in [0.2, 0.25) is 5.88 Å². The highest BCUT2D eigenvalue weighted by molar-refractivity contribution is 14.0. The van der Waals surface area contributed by atoms with Gasteiger partial charge in [0, 0.05) is 24.4 Å².